The highest BCUT2D eigenvalue weighted by Crippen LogP contribution is 2.38. The number of ether oxygens (including phenoxy) is 1. The first kappa shape index (κ1) is 25.9. The van der Waals surface area contributed by atoms with Gasteiger partial charge in [-0.15, -0.1) is 22.6 Å². The third-order valence-electron chi connectivity index (χ3n) is 6.59. The highest BCUT2D eigenvalue weighted by molar-refractivity contribution is 6.35. The van der Waals surface area contributed by atoms with Crippen LogP contribution in [0.4, 0.5) is 5.69 Å². The summed E-state index contributed by atoms with van der Waals surface area (Å²) >= 11 is 6.75. The number of pyridine rings is 1. The van der Waals surface area contributed by atoms with Crippen molar-refractivity contribution in [1.82, 2.24) is 24.8 Å². The van der Waals surface area contributed by atoms with Crippen LogP contribution in [-0.2, 0) is 15.1 Å². The van der Waals surface area contributed by atoms with Gasteiger partial charge in [-0.2, -0.15) is 0 Å². The number of aromatic nitrogens is 3. The van der Waals surface area contributed by atoms with Crippen molar-refractivity contribution in [3.8, 4) is 0 Å². The maximum Gasteiger partial charge on any atom is 0.294 e. The smallest absolute Gasteiger partial charge is 0.294 e. The number of hydrogen-bond donors (Lipinski definition) is 3. The number of amides is 2. The SMILES string of the molecule is C[C@@H]1C[C@H](N2C(=N)N[C@](C)(c3cccc(NC(=O)c4nnc5ccccn45)c3Cl)CC2=O)CCO1.Cl. The van der Waals surface area contributed by atoms with Crippen molar-refractivity contribution < 1.29 is 14.3 Å². The molecule has 0 saturated carbocycles. The van der Waals surface area contributed by atoms with Gasteiger partial charge in [0, 0.05) is 18.8 Å². The highest BCUT2D eigenvalue weighted by atomic mass is 35.5. The van der Waals surface area contributed by atoms with Gasteiger partial charge in [0.05, 0.1) is 28.8 Å². The number of hydrogen-bond acceptors (Lipinski definition) is 6. The summed E-state index contributed by atoms with van der Waals surface area (Å²) in [7, 11) is 0. The van der Waals surface area contributed by atoms with Crippen LogP contribution in [0.3, 0.4) is 0 Å². The average Bonchev–Trinajstić information content (AvgIpc) is 3.24. The summed E-state index contributed by atoms with van der Waals surface area (Å²) in [6.07, 6.45) is 3.24. The van der Waals surface area contributed by atoms with Crippen molar-refractivity contribution in [2.24, 2.45) is 0 Å². The number of carbonyl (C=O) groups is 2. The van der Waals surface area contributed by atoms with Crippen LogP contribution in [-0.4, -0.2) is 56.0 Å². The molecule has 0 aliphatic carbocycles. The summed E-state index contributed by atoms with van der Waals surface area (Å²) in [6.45, 7) is 4.38. The molecule has 0 unspecified atom stereocenters. The van der Waals surface area contributed by atoms with Crippen molar-refractivity contribution in [1.29, 1.82) is 5.41 Å². The van der Waals surface area contributed by atoms with Crippen LogP contribution in [0.1, 0.15) is 49.3 Å². The van der Waals surface area contributed by atoms with E-state index in [0.717, 1.165) is 0 Å². The third-order valence-corrected chi connectivity index (χ3v) is 7.00. The van der Waals surface area contributed by atoms with Crippen LogP contribution >= 0.6 is 24.0 Å². The topological polar surface area (TPSA) is 125 Å². The number of carbonyl (C=O) groups excluding carboxylic acids is 2. The molecule has 2 fully saturated rings. The van der Waals surface area contributed by atoms with E-state index in [1.54, 1.807) is 40.9 Å². The molecule has 4 heterocycles. The molecule has 3 aromatic rings. The number of fused-ring (bicyclic) bond motifs is 1. The molecular weight excluding hydrogens is 505 g/mol. The Bertz CT molecular complexity index is 1310. The lowest BCUT2D eigenvalue weighted by molar-refractivity contribution is -0.134. The fourth-order valence-electron chi connectivity index (χ4n) is 4.86. The summed E-state index contributed by atoms with van der Waals surface area (Å²) in [5, 5.41) is 22.9. The molecule has 0 radical (unpaired) electrons. The molecule has 190 valence electrons. The molecule has 10 nitrogen and oxygen atoms in total. The number of guanidine groups is 1. The monoisotopic (exact) mass is 531 g/mol. The van der Waals surface area contributed by atoms with Crippen molar-refractivity contribution in [3.05, 3.63) is 59.0 Å². The van der Waals surface area contributed by atoms with Gasteiger partial charge in [-0.1, -0.05) is 29.8 Å². The molecule has 2 aromatic heterocycles. The Labute approximate surface area is 219 Å². The fraction of sp³-hybridized carbons (Fsp3) is 0.375. The van der Waals surface area contributed by atoms with Gasteiger partial charge in [0.15, 0.2) is 11.6 Å². The van der Waals surface area contributed by atoms with E-state index in [4.69, 9.17) is 21.7 Å². The fourth-order valence-corrected chi connectivity index (χ4v) is 5.25. The molecule has 2 aliphatic rings. The number of rotatable bonds is 4. The minimum atomic E-state index is -0.916. The summed E-state index contributed by atoms with van der Waals surface area (Å²) in [5.74, 6) is -0.436. The molecule has 2 aliphatic heterocycles. The Morgan fingerprint density at radius 2 is 2.08 bits per heavy atom. The van der Waals surface area contributed by atoms with E-state index in [0.29, 0.717) is 41.4 Å². The van der Waals surface area contributed by atoms with E-state index in [1.165, 1.54) is 4.90 Å². The van der Waals surface area contributed by atoms with Crippen LogP contribution in [0.15, 0.2) is 42.6 Å². The number of benzene rings is 1. The molecule has 12 heteroatoms. The normalized spacial score (nSPS) is 24.2. The number of anilines is 1. The van der Waals surface area contributed by atoms with E-state index >= 15 is 0 Å². The standard InChI is InChI=1S/C24H26ClN7O3.ClH/c1-14-12-15(9-11-35-14)32-19(33)13-24(2,28-23(32)26)16-6-5-7-17(20(16)25)27-22(34)21-30-29-18-8-3-4-10-31(18)21;/h3-8,10,14-15H,9,11-13H2,1-2H3,(H2,26,28)(H,27,34);1H/t14-,15-,24+;/m1./s1. The summed E-state index contributed by atoms with van der Waals surface area (Å²) < 4.78 is 7.19. The van der Waals surface area contributed by atoms with Gasteiger partial charge in [-0.05, 0) is 50.5 Å². The Hall–Kier alpha value is -3.21. The van der Waals surface area contributed by atoms with Crippen LogP contribution in [0.5, 0.6) is 0 Å². The Kier molecular flexibility index (Phi) is 7.21. The summed E-state index contributed by atoms with van der Waals surface area (Å²) in [5.41, 5.74) is 0.628. The van der Waals surface area contributed by atoms with E-state index < -0.39 is 11.4 Å². The van der Waals surface area contributed by atoms with Crippen molar-refractivity contribution in [3.63, 3.8) is 0 Å². The minimum Gasteiger partial charge on any atom is -0.378 e. The molecule has 0 spiro atoms. The quantitative estimate of drug-likeness (QED) is 0.472. The first-order valence-corrected chi connectivity index (χ1v) is 11.8. The summed E-state index contributed by atoms with van der Waals surface area (Å²) in [4.78, 5) is 27.7. The van der Waals surface area contributed by atoms with Crippen LogP contribution < -0.4 is 10.6 Å². The second kappa shape index (κ2) is 10.0. The van der Waals surface area contributed by atoms with E-state index in [-0.39, 0.29) is 48.7 Å². The van der Waals surface area contributed by atoms with Crippen LogP contribution in [0.2, 0.25) is 5.02 Å². The second-order valence-corrected chi connectivity index (χ2v) is 9.56. The predicted octanol–water partition coefficient (Wildman–Crippen LogP) is 3.60. The third kappa shape index (κ3) is 4.63. The maximum atomic E-state index is 13.2. The lowest BCUT2D eigenvalue weighted by Gasteiger charge is -2.45. The second-order valence-electron chi connectivity index (χ2n) is 9.18. The molecule has 0 bridgehead atoms. The predicted molar refractivity (Wildman–Crippen MR) is 138 cm³/mol. The van der Waals surface area contributed by atoms with Crippen LogP contribution in [0, 0.1) is 5.41 Å². The Morgan fingerprint density at radius 1 is 1.28 bits per heavy atom. The molecule has 5 rings (SSSR count). The Balaban J connectivity index is 0.00000304. The number of nitrogens with one attached hydrogen (secondary N) is 3. The van der Waals surface area contributed by atoms with Crippen molar-refractivity contribution >= 4 is 53.1 Å². The van der Waals surface area contributed by atoms with Gasteiger partial charge in [0.25, 0.3) is 5.91 Å². The van der Waals surface area contributed by atoms with E-state index in [1.807, 2.05) is 19.9 Å². The maximum absolute atomic E-state index is 13.2. The lowest BCUT2D eigenvalue weighted by Crippen LogP contribution is -2.63. The van der Waals surface area contributed by atoms with Crippen LogP contribution in [0.25, 0.3) is 5.65 Å². The molecule has 3 atom stereocenters. The van der Waals surface area contributed by atoms with Gasteiger partial charge >= 0.3 is 0 Å². The van der Waals surface area contributed by atoms with Crippen molar-refractivity contribution in [2.75, 3.05) is 11.9 Å². The zero-order valence-electron chi connectivity index (χ0n) is 19.8. The Morgan fingerprint density at radius 3 is 2.83 bits per heavy atom. The van der Waals surface area contributed by atoms with E-state index in [9.17, 15) is 9.59 Å². The number of halogens is 2. The number of nitrogens with zero attached hydrogens (tertiary/aromatic N) is 4. The molecule has 2 saturated heterocycles. The van der Waals surface area contributed by atoms with Crippen molar-refractivity contribution in [2.45, 2.75) is 50.8 Å². The van der Waals surface area contributed by atoms with Gasteiger partial charge in [-0.3, -0.25) is 24.3 Å². The first-order valence-electron chi connectivity index (χ1n) is 11.5. The van der Waals surface area contributed by atoms with Gasteiger partial charge in [0.2, 0.25) is 11.7 Å². The van der Waals surface area contributed by atoms with Gasteiger partial charge < -0.3 is 15.4 Å². The molecule has 2 amide bonds. The zero-order valence-corrected chi connectivity index (χ0v) is 21.4. The average molecular weight is 532 g/mol. The largest absolute Gasteiger partial charge is 0.378 e. The zero-order chi connectivity index (χ0) is 24.7. The van der Waals surface area contributed by atoms with Gasteiger partial charge in [0.1, 0.15) is 0 Å². The molecule has 3 N–H and O–H groups in total. The summed E-state index contributed by atoms with van der Waals surface area (Å²) in [6, 6.07) is 10.5. The molecule has 1 aromatic carbocycles. The van der Waals surface area contributed by atoms with E-state index in [2.05, 4.69) is 20.8 Å². The highest BCUT2D eigenvalue weighted by Gasteiger charge is 2.43. The van der Waals surface area contributed by atoms with Gasteiger partial charge in [-0.25, -0.2) is 0 Å². The minimum absolute atomic E-state index is 0. The first-order chi connectivity index (χ1) is 16.8. The molecular formula is C24H27Cl2N7O3. The molecule has 36 heavy (non-hydrogen) atoms. The lowest BCUT2D eigenvalue weighted by atomic mass is 9.85.